The van der Waals surface area contributed by atoms with Crippen LogP contribution in [0.4, 0.5) is 14.5 Å². The van der Waals surface area contributed by atoms with E-state index in [-0.39, 0.29) is 11.7 Å². The van der Waals surface area contributed by atoms with Gasteiger partial charge in [-0.2, -0.15) is 16.1 Å². The quantitative estimate of drug-likeness (QED) is 0.816. The van der Waals surface area contributed by atoms with Crippen molar-refractivity contribution in [2.45, 2.75) is 24.3 Å². The molecule has 4 nitrogen and oxygen atoms in total. The molecule has 0 aliphatic carbocycles. The fraction of sp³-hybridized carbons (Fsp3) is 0.500. The van der Waals surface area contributed by atoms with Gasteiger partial charge in [-0.25, -0.2) is 17.2 Å². The van der Waals surface area contributed by atoms with E-state index in [2.05, 4.69) is 0 Å². The lowest BCUT2D eigenvalue weighted by molar-refractivity contribution is 0.381. The fourth-order valence-corrected chi connectivity index (χ4v) is 4.27. The van der Waals surface area contributed by atoms with Crippen molar-refractivity contribution in [1.82, 2.24) is 4.31 Å². The van der Waals surface area contributed by atoms with Crippen LogP contribution in [0.25, 0.3) is 0 Å². The first-order chi connectivity index (χ1) is 9.25. The molecule has 20 heavy (non-hydrogen) atoms. The second-order valence-electron chi connectivity index (χ2n) is 4.35. The molecule has 0 aromatic heterocycles. The minimum absolute atomic E-state index is 0.131. The van der Waals surface area contributed by atoms with E-state index in [4.69, 9.17) is 5.73 Å². The lowest BCUT2D eigenvalue weighted by atomic mass is 10.3. The maximum Gasteiger partial charge on any atom is 0.246 e. The van der Waals surface area contributed by atoms with Crippen molar-refractivity contribution in [2.24, 2.45) is 0 Å². The first-order valence-electron chi connectivity index (χ1n) is 5.97. The van der Waals surface area contributed by atoms with E-state index in [9.17, 15) is 17.2 Å². The zero-order valence-electron chi connectivity index (χ0n) is 11.6. The average Bonchev–Trinajstić information content (AvgIpc) is 2.39. The molecule has 0 aliphatic heterocycles. The second-order valence-corrected chi connectivity index (χ2v) is 7.23. The van der Waals surface area contributed by atoms with Crippen molar-refractivity contribution in [3.8, 4) is 0 Å². The van der Waals surface area contributed by atoms with Gasteiger partial charge in [0, 0.05) is 24.5 Å². The van der Waals surface area contributed by atoms with Crippen molar-refractivity contribution in [3.63, 3.8) is 0 Å². The van der Waals surface area contributed by atoms with Crippen LogP contribution in [0, 0.1) is 11.6 Å². The second kappa shape index (κ2) is 6.73. The summed E-state index contributed by atoms with van der Waals surface area (Å²) in [7, 11) is -2.76. The molecule has 0 saturated heterocycles. The summed E-state index contributed by atoms with van der Waals surface area (Å²) in [6.07, 6.45) is 2.42. The molecule has 2 N–H and O–H groups in total. The summed E-state index contributed by atoms with van der Waals surface area (Å²) < 4.78 is 52.9. The molecule has 0 fully saturated rings. The summed E-state index contributed by atoms with van der Waals surface area (Å²) in [6.45, 7) is 1.84. The van der Waals surface area contributed by atoms with E-state index in [0.717, 1.165) is 16.4 Å². The molecule has 0 aliphatic rings. The van der Waals surface area contributed by atoms with Crippen LogP contribution in [-0.4, -0.2) is 37.8 Å². The van der Waals surface area contributed by atoms with Crippen LogP contribution in [0.15, 0.2) is 17.0 Å². The number of benzene rings is 1. The number of hydrogen-bond donors (Lipinski definition) is 1. The van der Waals surface area contributed by atoms with E-state index in [0.29, 0.717) is 12.2 Å². The third-order valence-electron chi connectivity index (χ3n) is 3.02. The molecule has 0 amide bonds. The van der Waals surface area contributed by atoms with Gasteiger partial charge in [0.15, 0.2) is 11.6 Å². The van der Waals surface area contributed by atoms with Crippen molar-refractivity contribution in [2.75, 3.05) is 24.8 Å². The highest BCUT2D eigenvalue weighted by molar-refractivity contribution is 7.98. The maximum atomic E-state index is 13.7. The van der Waals surface area contributed by atoms with Crippen LogP contribution in [0.2, 0.25) is 0 Å². The molecule has 1 aromatic rings. The number of thioether (sulfide) groups is 1. The van der Waals surface area contributed by atoms with E-state index in [1.165, 1.54) is 18.8 Å². The number of nitrogens with zero attached hydrogens (tertiary/aromatic N) is 1. The van der Waals surface area contributed by atoms with E-state index < -0.39 is 26.6 Å². The number of halogens is 2. The molecule has 0 radical (unpaired) electrons. The molecule has 0 bridgehead atoms. The first kappa shape index (κ1) is 17.2. The number of nitrogen functional groups attached to an aromatic ring is 1. The van der Waals surface area contributed by atoms with Gasteiger partial charge >= 0.3 is 0 Å². The van der Waals surface area contributed by atoms with Gasteiger partial charge in [0.1, 0.15) is 4.90 Å². The molecule has 1 rings (SSSR count). The van der Waals surface area contributed by atoms with Crippen LogP contribution in [-0.2, 0) is 10.0 Å². The highest BCUT2D eigenvalue weighted by Gasteiger charge is 2.30. The average molecular weight is 324 g/mol. The minimum atomic E-state index is -4.12. The summed E-state index contributed by atoms with van der Waals surface area (Å²) in [5, 5.41) is 0. The van der Waals surface area contributed by atoms with Gasteiger partial charge in [-0.05, 0) is 24.8 Å². The van der Waals surface area contributed by atoms with Crippen molar-refractivity contribution in [1.29, 1.82) is 0 Å². The van der Waals surface area contributed by atoms with Crippen molar-refractivity contribution >= 4 is 27.5 Å². The van der Waals surface area contributed by atoms with Gasteiger partial charge < -0.3 is 5.73 Å². The van der Waals surface area contributed by atoms with Gasteiger partial charge in [0.2, 0.25) is 10.0 Å². The Bertz CT molecular complexity index is 579. The Morgan fingerprint density at radius 1 is 1.40 bits per heavy atom. The monoisotopic (exact) mass is 324 g/mol. The number of anilines is 1. The molecule has 0 heterocycles. The molecule has 1 aromatic carbocycles. The Morgan fingerprint density at radius 3 is 2.50 bits per heavy atom. The zero-order chi connectivity index (χ0) is 15.5. The third-order valence-corrected chi connectivity index (χ3v) is 5.65. The summed E-state index contributed by atoms with van der Waals surface area (Å²) in [6, 6.07) is 1.41. The molecule has 114 valence electrons. The predicted molar refractivity (Wildman–Crippen MR) is 78.2 cm³/mol. The smallest absolute Gasteiger partial charge is 0.246 e. The SMILES string of the molecule is CCC(CSC)N(C)S(=O)(=O)c1cc(N)cc(F)c1F. The van der Waals surface area contributed by atoms with Crippen LogP contribution in [0.1, 0.15) is 13.3 Å². The number of sulfonamides is 1. The van der Waals surface area contributed by atoms with Crippen LogP contribution >= 0.6 is 11.8 Å². The Balaban J connectivity index is 3.29. The van der Waals surface area contributed by atoms with Gasteiger partial charge in [-0.3, -0.25) is 0 Å². The van der Waals surface area contributed by atoms with Crippen LogP contribution in [0.5, 0.6) is 0 Å². The largest absolute Gasteiger partial charge is 0.399 e. The Labute approximate surface area is 122 Å². The van der Waals surface area contributed by atoms with Crippen LogP contribution in [0.3, 0.4) is 0 Å². The summed E-state index contributed by atoms with van der Waals surface area (Å²) in [4.78, 5) is -0.725. The lowest BCUT2D eigenvalue weighted by Crippen LogP contribution is -2.38. The summed E-state index contributed by atoms with van der Waals surface area (Å²) in [5.74, 6) is -2.10. The molecular formula is C12H18F2N2O2S2. The highest BCUT2D eigenvalue weighted by Crippen LogP contribution is 2.26. The third kappa shape index (κ3) is 3.42. The van der Waals surface area contributed by atoms with E-state index in [1.54, 1.807) is 0 Å². The summed E-state index contributed by atoms with van der Waals surface area (Å²) >= 11 is 1.49. The number of rotatable bonds is 6. The van der Waals surface area contributed by atoms with Gasteiger partial charge in [-0.15, -0.1) is 0 Å². The van der Waals surface area contributed by atoms with Crippen molar-refractivity contribution in [3.05, 3.63) is 23.8 Å². The molecule has 8 heteroatoms. The van der Waals surface area contributed by atoms with Gasteiger partial charge in [0.05, 0.1) is 0 Å². The molecule has 0 spiro atoms. The normalized spacial score (nSPS) is 13.7. The first-order valence-corrected chi connectivity index (χ1v) is 8.80. The lowest BCUT2D eigenvalue weighted by Gasteiger charge is -2.26. The standard InChI is InChI=1S/C12H18F2N2O2S2/c1-4-9(7-19-3)16(2)20(17,18)11-6-8(15)5-10(13)12(11)14/h5-6,9H,4,7,15H2,1-3H3. The predicted octanol–water partition coefficient (Wildman–Crippen LogP) is 2.31. The zero-order valence-corrected chi connectivity index (χ0v) is 13.2. The minimum Gasteiger partial charge on any atom is -0.399 e. The molecule has 0 saturated carbocycles. The van der Waals surface area contributed by atoms with Gasteiger partial charge in [-0.1, -0.05) is 6.92 Å². The van der Waals surface area contributed by atoms with Crippen LogP contribution < -0.4 is 5.73 Å². The molecule has 1 unspecified atom stereocenters. The molecular weight excluding hydrogens is 306 g/mol. The van der Waals surface area contributed by atoms with Crippen molar-refractivity contribution < 1.29 is 17.2 Å². The topological polar surface area (TPSA) is 63.4 Å². The summed E-state index contributed by atoms with van der Waals surface area (Å²) in [5.41, 5.74) is 5.27. The number of nitrogens with two attached hydrogens (primary N) is 1. The van der Waals surface area contributed by atoms with E-state index >= 15 is 0 Å². The maximum absolute atomic E-state index is 13.7. The Kier molecular flexibility index (Phi) is 5.79. The number of hydrogen-bond acceptors (Lipinski definition) is 4. The Hall–Kier alpha value is -0.860. The van der Waals surface area contributed by atoms with Gasteiger partial charge in [0.25, 0.3) is 0 Å². The van der Waals surface area contributed by atoms with E-state index in [1.807, 2.05) is 13.2 Å². The molecule has 1 atom stereocenters. The highest BCUT2D eigenvalue weighted by atomic mass is 32.2. The fourth-order valence-electron chi connectivity index (χ4n) is 1.80. The Morgan fingerprint density at radius 2 is 2.00 bits per heavy atom.